The molecule has 0 fully saturated rings. The zero-order valence-electron chi connectivity index (χ0n) is 11.9. The van der Waals surface area contributed by atoms with Crippen LogP contribution in [0, 0.1) is 0 Å². The molecule has 0 bridgehead atoms. The summed E-state index contributed by atoms with van der Waals surface area (Å²) in [6, 6.07) is 14.3. The molecule has 0 saturated heterocycles. The summed E-state index contributed by atoms with van der Waals surface area (Å²) in [6.45, 7) is 3.24. The summed E-state index contributed by atoms with van der Waals surface area (Å²) in [4.78, 5) is 0. The molecule has 21 heavy (non-hydrogen) atoms. The van der Waals surface area contributed by atoms with Gasteiger partial charge in [-0.05, 0) is 37.1 Å². The molecule has 0 aromatic heterocycles. The highest BCUT2D eigenvalue weighted by Crippen LogP contribution is 2.35. The standard InChI is InChI=1S/C17H18ClNO2/c1-12(8-13-4-2-6-15(18)9-13)19-10-14-5-3-7-16-17(14)21-11-20-16/h2-7,9,12,19H,8,10-11H2,1H3. The maximum Gasteiger partial charge on any atom is 0.231 e. The van der Waals surface area contributed by atoms with Crippen LogP contribution in [0.4, 0.5) is 0 Å². The summed E-state index contributed by atoms with van der Waals surface area (Å²) < 4.78 is 10.9. The highest BCUT2D eigenvalue weighted by molar-refractivity contribution is 6.30. The Morgan fingerprint density at radius 2 is 2.05 bits per heavy atom. The molecule has 0 amide bonds. The normalized spacial score (nSPS) is 14.2. The molecule has 0 aliphatic carbocycles. The molecule has 4 heteroatoms. The maximum atomic E-state index is 6.01. The lowest BCUT2D eigenvalue weighted by atomic mass is 10.1. The number of hydrogen-bond donors (Lipinski definition) is 1. The fourth-order valence-corrected chi connectivity index (χ4v) is 2.72. The highest BCUT2D eigenvalue weighted by atomic mass is 35.5. The first-order chi connectivity index (χ1) is 10.2. The SMILES string of the molecule is CC(Cc1cccc(Cl)c1)NCc1cccc2c1OCO2. The Hall–Kier alpha value is -1.71. The number of fused-ring (bicyclic) bond motifs is 1. The molecule has 1 heterocycles. The lowest BCUT2D eigenvalue weighted by molar-refractivity contribution is 0.173. The molecule has 3 rings (SSSR count). The van der Waals surface area contributed by atoms with Gasteiger partial charge in [-0.3, -0.25) is 0 Å². The van der Waals surface area contributed by atoms with Gasteiger partial charge in [0.05, 0.1) is 0 Å². The van der Waals surface area contributed by atoms with Crippen molar-refractivity contribution >= 4 is 11.6 Å². The van der Waals surface area contributed by atoms with Crippen molar-refractivity contribution in [2.75, 3.05) is 6.79 Å². The van der Waals surface area contributed by atoms with Crippen LogP contribution in [0.3, 0.4) is 0 Å². The number of rotatable bonds is 5. The van der Waals surface area contributed by atoms with Crippen molar-refractivity contribution in [1.82, 2.24) is 5.32 Å². The lowest BCUT2D eigenvalue weighted by Crippen LogP contribution is -2.27. The second-order valence-corrected chi connectivity index (χ2v) is 5.70. The summed E-state index contributed by atoms with van der Waals surface area (Å²) in [7, 11) is 0. The van der Waals surface area contributed by atoms with Gasteiger partial charge in [0.15, 0.2) is 11.5 Å². The fourth-order valence-electron chi connectivity index (χ4n) is 2.50. The first-order valence-electron chi connectivity index (χ1n) is 7.07. The summed E-state index contributed by atoms with van der Waals surface area (Å²) in [6.07, 6.45) is 0.937. The third-order valence-electron chi connectivity index (χ3n) is 3.55. The quantitative estimate of drug-likeness (QED) is 0.911. The van der Waals surface area contributed by atoms with E-state index in [1.807, 2.05) is 30.3 Å². The van der Waals surface area contributed by atoms with Crippen LogP contribution >= 0.6 is 11.6 Å². The maximum absolute atomic E-state index is 6.01. The van der Waals surface area contributed by atoms with Crippen molar-refractivity contribution in [3.63, 3.8) is 0 Å². The Kier molecular flexibility index (Phi) is 4.32. The molecule has 1 unspecified atom stereocenters. The van der Waals surface area contributed by atoms with Gasteiger partial charge in [0.1, 0.15) is 0 Å². The predicted octanol–water partition coefficient (Wildman–Crippen LogP) is 3.79. The van der Waals surface area contributed by atoms with Crippen LogP contribution in [0.5, 0.6) is 11.5 Å². The van der Waals surface area contributed by atoms with Gasteiger partial charge in [-0.2, -0.15) is 0 Å². The zero-order chi connectivity index (χ0) is 14.7. The Bertz CT molecular complexity index is 630. The van der Waals surface area contributed by atoms with Gasteiger partial charge in [-0.1, -0.05) is 35.9 Å². The minimum Gasteiger partial charge on any atom is -0.454 e. The van der Waals surface area contributed by atoms with E-state index in [0.29, 0.717) is 12.8 Å². The van der Waals surface area contributed by atoms with E-state index in [1.165, 1.54) is 5.56 Å². The highest BCUT2D eigenvalue weighted by Gasteiger charge is 2.17. The van der Waals surface area contributed by atoms with Crippen LogP contribution < -0.4 is 14.8 Å². The van der Waals surface area contributed by atoms with Gasteiger partial charge in [0.25, 0.3) is 0 Å². The molecule has 1 atom stereocenters. The second-order valence-electron chi connectivity index (χ2n) is 5.27. The van der Waals surface area contributed by atoms with Crippen molar-refractivity contribution in [1.29, 1.82) is 0 Å². The van der Waals surface area contributed by atoms with E-state index in [9.17, 15) is 0 Å². The Balaban J connectivity index is 1.59. The molecular formula is C17H18ClNO2. The molecule has 1 N–H and O–H groups in total. The van der Waals surface area contributed by atoms with Gasteiger partial charge in [0, 0.05) is 23.2 Å². The van der Waals surface area contributed by atoms with E-state index >= 15 is 0 Å². The van der Waals surface area contributed by atoms with E-state index in [2.05, 4.69) is 24.4 Å². The van der Waals surface area contributed by atoms with Crippen LogP contribution in [0.1, 0.15) is 18.1 Å². The lowest BCUT2D eigenvalue weighted by Gasteiger charge is -2.15. The van der Waals surface area contributed by atoms with E-state index in [0.717, 1.165) is 35.1 Å². The molecule has 0 radical (unpaired) electrons. The molecule has 3 nitrogen and oxygen atoms in total. The van der Waals surface area contributed by atoms with E-state index in [-0.39, 0.29) is 0 Å². The number of nitrogens with one attached hydrogen (secondary N) is 1. The van der Waals surface area contributed by atoms with Gasteiger partial charge < -0.3 is 14.8 Å². The Morgan fingerprint density at radius 3 is 2.90 bits per heavy atom. The average molecular weight is 304 g/mol. The van der Waals surface area contributed by atoms with Gasteiger partial charge in [-0.25, -0.2) is 0 Å². The smallest absolute Gasteiger partial charge is 0.231 e. The summed E-state index contributed by atoms with van der Waals surface area (Å²) >= 11 is 6.01. The number of para-hydroxylation sites is 1. The molecule has 1 aliphatic rings. The minimum absolute atomic E-state index is 0.310. The number of ether oxygens (including phenoxy) is 2. The first-order valence-corrected chi connectivity index (χ1v) is 7.45. The molecule has 2 aromatic carbocycles. The van der Waals surface area contributed by atoms with Gasteiger partial charge in [0.2, 0.25) is 6.79 Å². The molecule has 2 aromatic rings. The number of hydrogen-bond acceptors (Lipinski definition) is 3. The third kappa shape index (κ3) is 3.49. The first kappa shape index (κ1) is 14.2. The summed E-state index contributed by atoms with van der Waals surface area (Å²) in [5, 5.41) is 4.30. The topological polar surface area (TPSA) is 30.5 Å². The van der Waals surface area contributed by atoms with Crippen LogP contribution in [0.15, 0.2) is 42.5 Å². The molecule has 110 valence electrons. The monoisotopic (exact) mass is 303 g/mol. The van der Waals surface area contributed by atoms with Crippen LogP contribution in [0.25, 0.3) is 0 Å². The minimum atomic E-state index is 0.310. The van der Waals surface area contributed by atoms with Crippen molar-refractivity contribution in [2.45, 2.75) is 25.9 Å². The second kappa shape index (κ2) is 6.37. The van der Waals surface area contributed by atoms with E-state index in [1.54, 1.807) is 0 Å². The fraction of sp³-hybridized carbons (Fsp3) is 0.294. The van der Waals surface area contributed by atoms with Gasteiger partial charge >= 0.3 is 0 Å². The van der Waals surface area contributed by atoms with Crippen LogP contribution in [0.2, 0.25) is 5.02 Å². The van der Waals surface area contributed by atoms with Gasteiger partial charge in [-0.15, -0.1) is 0 Å². The van der Waals surface area contributed by atoms with Crippen molar-refractivity contribution in [2.24, 2.45) is 0 Å². The summed E-state index contributed by atoms with van der Waals surface area (Å²) in [5.41, 5.74) is 2.36. The Labute approximate surface area is 129 Å². The molecular weight excluding hydrogens is 286 g/mol. The zero-order valence-corrected chi connectivity index (χ0v) is 12.7. The van der Waals surface area contributed by atoms with Crippen molar-refractivity contribution in [3.05, 3.63) is 58.6 Å². The molecule has 1 aliphatic heterocycles. The Morgan fingerprint density at radius 1 is 1.19 bits per heavy atom. The third-order valence-corrected chi connectivity index (χ3v) is 3.79. The van der Waals surface area contributed by atoms with Crippen LogP contribution in [-0.2, 0) is 13.0 Å². The summed E-state index contributed by atoms with van der Waals surface area (Å²) in [5.74, 6) is 1.69. The molecule has 0 saturated carbocycles. The van der Waals surface area contributed by atoms with E-state index in [4.69, 9.17) is 21.1 Å². The number of benzene rings is 2. The predicted molar refractivity (Wildman–Crippen MR) is 84.0 cm³/mol. The van der Waals surface area contributed by atoms with Crippen molar-refractivity contribution in [3.8, 4) is 11.5 Å². The average Bonchev–Trinajstić information content (AvgIpc) is 2.94. The van der Waals surface area contributed by atoms with E-state index < -0.39 is 0 Å². The molecule has 0 spiro atoms. The van der Waals surface area contributed by atoms with Crippen LogP contribution in [-0.4, -0.2) is 12.8 Å². The largest absolute Gasteiger partial charge is 0.454 e. The van der Waals surface area contributed by atoms with Crippen molar-refractivity contribution < 1.29 is 9.47 Å². The number of halogens is 1.